The zero-order valence-corrected chi connectivity index (χ0v) is 11.6. The van der Waals surface area contributed by atoms with Gasteiger partial charge in [0.25, 0.3) is 0 Å². The van der Waals surface area contributed by atoms with E-state index in [1.54, 1.807) is 4.90 Å². The molecule has 0 aromatic heterocycles. The van der Waals surface area contributed by atoms with Gasteiger partial charge < -0.3 is 10.0 Å². The van der Waals surface area contributed by atoms with Crippen molar-refractivity contribution in [3.8, 4) is 0 Å². The van der Waals surface area contributed by atoms with E-state index in [0.717, 1.165) is 10.0 Å². The van der Waals surface area contributed by atoms with Crippen LogP contribution in [0.4, 0.5) is 0 Å². The third-order valence-corrected chi connectivity index (χ3v) is 4.04. The molecule has 1 fully saturated rings. The normalized spacial score (nSPS) is 23.4. The Balaban J connectivity index is 2.46. The summed E-state index contributed by atoms with van der Waals surface area (Å²) in [5, 5.41) is 9.27. The maximum Gasteiger partial charge on any atom is 0.309 e. The van der Waals surface area contributed by atoms with E-state index in [4.69, 9.17) is 0 Å². The molecule has 2 unspecified atom stereocenters. The first-order valence-corrected chi connectivity index (χ1v) is 6.62. The predicted molar refractivity (Wildman–Crippen MR) is 70.0 cm³/mol. The molecule has 0 saturated carbocycles. The first kappa shape index (κ1) is 13.1. The highest BCUT2D eigenvalue weighted by Crippen LogP contribution is 2.40. The number of hydrogen-bond donors (Lipinski definition) is 1. The van der Waals surface area contributed by atoms with Crippen molar-refractivity contribution in [1.29, 1.82) is 0 Å². The molecule has 2 atom stereocenters. The summed E-state index contributed by atoms with van der Waals surface area (Å²) in [5.41, 5.74) is 0.859. The number of carboxylic acid groups (broad SMARTS) is 1. The number of hydrogen-bond acceptors (Lipinski definition) is 2. The van der Waals surface area contributed by atoms with Crippen LogP contribution in [0.15, 0.2) is 28.7 Å². The van der Waals surface area contributed by atoms with Crippen molar-refractivity contribution in [1.82, 2.24) is 4.90 Å². The average Bonchev–Trinajstić information content (AvgIpc) is 2.67. The Labute approximate surface area is 114 Å². The second-order valence-electron chi connectivity index (χ2n) is 4.29. The molecule has 0 bridgehead atoms. The van der Waals surface area contributed by atoms with Crippen LogP contribution in [0.3, 0.4) is 0 Å². The van der Waals surface area contributed by atoms with Gasteiger partial charge in [-0.25, -0.2) is 0 Å². The molecule has 4 nitrogen and oxygen atoms in total. The van der Waals surface area contributed by atoms with E-state index in [2.05, 4.69) is 15.9 Å². The zero-order valence-electron chi connectivity index (χ0n) is 9.97. The number of halogens is 1. The van der Waals surface area contributed by atoms with E-state index in [-0.39, 0.29) is 18.4 Å². The minimum atomic E-state index is -0.917. The van der Waals surface area contributed by atoms with Crippen molar-refractivity contribution in [2.24, 2.45) is 5.92 Å². The van der Waals surface area contributed by atoms with Gasteiger partial charge in [-0.15, -0.1) is 0 Å². The van der Waals surface area contributed by atoms with Crippen molar-refractivity contribution in [3.63, 3.8) is 0 Å². The Hall–Kier alpha value is -1.36. The quantitative estimate of drug-likeness (QED) is 0.932. The molecule has 1 amide bonds. The Morgan fingerprint density at radius 1 is 1.50 bits per heavy atom. The van der Waals surface area contributed by atoms with Gasteiger partial charge in [-0.3, -0.25) is 9.59 Å². The smallest absolute Gasteiger partial charge is 0.309 e. The van der Waals surface area contributed by atoms with Gasteiger partial charge in [0.2, 0.25) is 5.91 Å². The van der Waals surface area contributed by atoms with E-state index < -0.39 is 11.9 Å². The van der Waals surface area contributed by atoms with Gasteiger partial charge in [0.05, 0.1) is 12.0 Å². The van der Waals surface area contributed by atoms with E-state index in [0.29, 0.717) is 6.54 Å². The summed E-state index contributed by atoms with van der Waals surface area (Å²) in [5.74, 6) is -1.68. The topological polar surface area (TPSA) is 57.6 Å². The number of aliphatic carboxylic acids is 1. The van der Waals surface area contributed by atoms with Crippen LogP contribution in [0.5, 0.6) is 0 Å². The third-order valence-electron chi connectivity index (χ3n) is 3.31. The number of amides is 1. The molecule has 18 heavy (non-hydrogen) atoms. The number of rotatable bonds is 3. The first-order chi connectivity index (χ1) is 8.56. The highest BCUT2D eigenvalue weighted by atomic mass is 79.9. The average molecular weight is 312 g/mol. The highest BCUT2D eigenvalue weighted by Gasteiger charge is 2.44. The van der Waals surface area contributed by atoms with Gasteiger partial charge in [-0.05, 0) is 18.6 Å². The van der Waals surface area contributed by atoms with Crippen molar-refractivity contribution < 1.29 is 14.7 Å². The SMILES string of the molecule is CCN1C(=O)CC(C(=O)O)C1c1ccccc1Br. The lowest BCUT2D eigenvalue weighted by atomic mass is 9.94. The van der Waals surface area contributed by atoms with Gasteiger partial charge in [0.1, 0.15) is 0 Å². The molecule has 1 aromatic carbocycles. The van der Waals surface area contributed by atoms with Crippen LogP contribution in [0.1, 0.15) is 24.9 Å². The minimum Gasteiger partial charge on any atom is -0.481 e. The molecular formula is C13H14BrNO3. The Morgan fingerprint density at radius 3 is 2.72 bits per heavy atom. The lowest BCUT2D eigenvalue weighted by Gasteiger charge is -2.26. The number of nitrogens with zero attached hydrogens (tertiary/aromatic N) is 1. The maximum absolute atomic E-state index is 11.9. The first-order valence-electron chi connectivity index (χ1n) is 5.83. The fourth-order valence-corrected chi connectivity index (χ4v) is 3.00. The van der Waals surface area contributed by atoms with Crippen LogP contribution >= 0.6 is 15.9 Å². The Kier molecular flexibility index (Phi) is 3.71. The maximum atomic E-state index is 11.9. The van der Waals surface area contributed by atoms with Gasteiger partial charge in [-0.2, -0.15) is 0 Å². The number of benzene rings is 1. The van der Waals surface area contributed by atoms with E-state index >= 15 is 0 Å². The molecule has 1 heterocycles. The standard InChI is InChI=1S/C13H14BrNO3/c1-2-15-11(16)7-9(13(17)18)12(15)8-5-3-4-6-10(8)14/h3-6,9,12H,2,7H2,1H3,(H,17,18). The third kappa shape index (κ3) is 2.14. The van der Waals surface area contributed by atoms with Gasteiger partial charge >= 0.3 is 5.97 Å². The molecule has 2 rings (SSSR count). The van der Waals surface area contributed by atoms with Crippen molar-refractivity contribution >= 4 is 27.8 Å². The molecule has 96 valence electrons. The summed E-state index contributed by atoms with van der Waals surface area (Å²) in [6, 6.07) is 7.08. The molecule has 0 spiro atoms. The second-order valence-corrected chi connectivity index (χ2v) is 5.15. The van der Waals surface area contributed by atoms with Crippen molar-refractivity contribution in [2.45, 2.75) is 19.4 Å². The molecule has 5 heteroatoms. The number of carbonyl (C=O) groups is 2. The molecule has 1 aliphatic heterocycles. The van der Waals surface area contributed by atoms with Crippen LogP contribution in [0, 0.1) is 5.92 Å². The second kappa shape index (κ2) is 5.10. The molecule has 1 aromatic rings. The Morgan fingerprint density at radius 2 is 2.17 bits per heavy atom. The van der Waals surface area contributed by atoms with Gasteiger partial charge in [0.15, 0.2) is 0 Å². The number of likely N-dealkylation sites (tertiary alicyclic amines) is 1. The van der Waals surface area contributed by atoms with E-state index in [1.165, 1.54) is 0 Å². The predicted octanol–water partition coefficient (Wildman–Crippen LogP) is 2.44. The number of carboxylic acids is 1. The number of carbonyl (C=O) groups excluding carboxylic acids is 1. The van der Waals surface area contributed by atoms with Crippen LogP contribution in [-0.2, 0) is 9.59 Å². The summed E-state index contributed by atoms with van der Waals surface area (Å²) in [6.07, 6.45) is 0.0785. The molecule has 1 N–H and O–H groups in total. The summed E-state index contributed by atoms with van der Waals surface area (Å²) >= 11 is 3.43. The van der Waals surface area contributed by atoms with Crippen molar-refractivity contribution in [3.05, 3.63) is 34.3 Å². The zero-order chi connectivity index (χ0) is 13.3. The molecule has 0 aliphatic carbocycles. The lowest BCUT2D eigenvalue weighted by Crippen LogP contribution is -2.30. The van der Waals surface area contributed by atoms with E-state index in [1.807, 2.05) is 31.2 Å². The molecule has 1 aliphatic rings. The summed E-state index contributed by atoms with van der Waals surface area (Å²) in [7, 11) is 0. The van der Waals surface area contributed by atoms with Crippen LogP contribution in [-0.4, -0.2) is 28.4 Å². The largest absolute Gasteiger partial charge is 0.481 e. The fraction of sp³-hybridized carbons (Fsp3) is 0.385. The summed E-state index contributed by atoms with van der Waals surface area (Å²) < 4.78 is 0.842. The molecule has 0 radical (unpaired) electrons. The molecule has 1 saturated heterocycles. The Bertz CT molecular complexity index is 489. The van der Waals surface area contributed by atoms with Crippen molar-refractivity contribution in [2.75, 3.05) is 6.54 Å². The van der Waals surface area contributed by atoms with Gasteiger partial charge in [-0.1, -0.05) is 34.1 Å². The lowest BCUT2D eigenvalue weighted by molar-refractivity contribution is -0.142. The van der Waals surface area contributed by atoms with Crippen LogP contribution in [0.25, 0.3) is 0 Å². The van der Waals surface area contributed by atoms with E-state index in [9.17, 15) is 14.7 Å². The monoisotopic (exact) mass is 311 g/mol. The van der Waals surface area contributed by atoms with Gasteiger partial charge in [0, 0.05) is 17.4 Å². The summed E-state index contributed by atoms with van der Waals surface area (Å²) in [4.78, 5) is 24.8. The highest BCUT2D eigenvalue weighted by molar-refractivity contribution is 9.10. The fourth-order valence-electron chi connectivity index (χ4n) is 2.48. The van der Waals surface area contributed by atoms with Crippen LogP contribution in [0.2, 0.25) is 0 Å². The minimum absolute atomic E-state index is 0.0785. The van der Waals surface area contributed by atoms with Crippen LogP contribution < -0.4 is 0 Å². The summed E-state index contributed by atoms with van der Waals surface area (Å²) in [6.45, 7) is 2.39. The molecular weight excluding hydrogens is 298 g/mol.